The second kappa shape index (κ2) is 9.54. The molecule has 1 saturated carbocycles. The molecule has 0 atom stereocenters. The molecule has 0 saturated heterocycles. The van der Waals surface area contributed by atoms with Crippen LogP contribution in [0.5, 0.6) is 0 Å². The molecule has 168 valence electrons. The van der Waals surface area contributed by atoms with Crippen LogP contribution in [-0.2, 0) is 33.0 Å². The monoisotopic (exact) mass is 470 g/mol. The Morgan fingerprint density at radius 3 is 1.81 bits per heavy atom. The zero-order chi connectivity index (χ0) is 22.6. The molecule has 4 rings (SSSR count). The molecule has 0 aromatic heterocycles. The molecule has 0 heterocycles. The van der Waals surface area contributed by atoms with Crippen molar-refractivity contribution in [2.75, 3.05) is 6.54 Å². The van der Waals surface area contributed by atoms with Crippen LogP contribution >= 0.6 is 0 Å². The van der Waals surface area contributed by atoms with Crippen LogP contribution in [-0.4, -0.2) is 33.7 Å². The number of rotatable bonds is 10. The predicted molar refractivity (Wildman–Crippen MR) is 124 cm³/mol. The number of nitrogens with one attached hydrogen (secondary N) is 1. The zero-order valence-corrected chi connectivity index (χ0v) is 19.2. The summed E-state index contributed by atoms with van der Waals surface area (Å²) in [5, 5.41) is 0. The van der Waals surface area contributed by atoms with Crippen molar-refractivity contribution in [3.05, 3.63) is 96.1 Å². The first kappa shape index (κ1) is 22.7. The highest BCUT2D eigenvalue weighted by molar-refractivity contribution is 7.89. The first-order chi connectivity index (χ1) is 15.3. The summed E-state index contributed by atoms with van der Waals surface area (Å²) in [5.74, 6) is 0. The summed E-state index contributed by atoms with van der Waals surface area (Å²) in [6.45, 7) is 0.545. The molecular weight excluding hydrogens is 444 g/mol. The molecule has 0 unspecified atom stereocenters. The van der Waals surface area contributed by atoms with Crippen molar-refractivity contribution < 1.29 is 16.8 Å². The first-order valence-corrected chi connectivity index (χ1v) is 13.5. The summed E-state index contributed by atoms with van der Waals surface area (Å²) in [6, 6.07) is 24.6. The fourth-order valence-electron chi connectivity index (χ4n) is 3.40. The van der Waals surface area contributed by atoms with Crippen molar-refractivity contribution in [3.8, 4) is 0 Å². The van der Waals surface area contributed by atoms with Gasteiger partial charge in [-0.25, -0.2) is 21.6 Å². The minimum Gasteiger partial charge on any atom is -0.208 e. The Balaban J connectivity index is 1.58. The van der Waals surface area contributed by atoms with Crippen LogP contribution in [0.3, 0.4) is 0 Å². The average molecular weight is 471 g/mol. The Kier molecular flexibility index (Phi) is 6.76. The van der Waals surface area contributed by atoms with Crippen molar-refractivity contribution in [1.29, 1.82) is 0 Å². The van der Waals surface area contributed by atoms with Crippen molar-refractivity contribution in [1.82, 2.24) is 9.03 Å². The molecule has 0 radical (unpaired) electrons. The molecule has 6 nitrogen and oxygen atoms in total. The first-order valence-electron chi connectivity index (χ1n) is 10.5. The van der Waals surface area contributed by atoms with E-state index in [1.807, 2.05) is 60.7 Å². The summed E-state index contributed by atoms with van der Waals surface area (Å²) in [6.07, 6.45) is 2.24. The minimum atomic E-state index is -3.82. The molecular formula is C24H26N2O4S2. The van der Waals surface area contributed by atoms with Gasteiger partial charge in [0.2, 0.25) is 20.0 Å². The fraction of sp³-hybridized carbons (Fsp3) is 0.250. The molecule has 32 heavy (non-hydrogen) atoms. The third-order valence-corrected chi connectivity index (χ3v) is 8.76. The second-order valence-corrected chi connectivity index (χ2v) is 11.6. The second-order valence-electron chi connectivity index (χ2n) is 7.93. The maximum absolute atomic E-state index is 13.5. The van der Waals surface area contributed by atoms with E-state index in [0.29, 0.717) is 13.0 Å². The molecule has 1 aliphatic rings. The van der Waals surface area contributed by atoms with Gasteiger partial charge >= 0.3 is 0 Å². The standard InChI is InChI=1S/C24H26N2O4S2/c27-31(28,25-22-11-12-22)23-13-15-24(16-14-23)32(29,30)26(19-21-9-5-2-6-10-21)18-17-20-7-3-1-4-8-20/h1-10,13-16,22,25H,11-12,17-19H2. The fourth-order valence-corrected chi connectivity index (χ4v) is 6.13. The van der Waals surface area contributed by atoms with E-state index < -0.39 is 20.0 Å². The summed E-state index contributed by atoms with van der Waals surface area (Å²) < 4.78 is 55.8. The van der Waals surface area contributed by atoms with E-state index in [1.54, 1.807) is 0 Å². The van der Waals surface area contributed by atoms with Crippen LogP contribution in [0.15, 0.2) is 94.7 Å². The minimum absolute atomic E-state index is 0.0113. The molecule has 0 bridgehead atoms. The van der Waals surface area contributed by atoms with Crippen molar-refractivity contribution in [2.24, 2.45) is 0 Å². The molecule has 0 amide bonds. The van der Waals surface area contributed by atoms with E-state index in [4.69, 9.17) is 0 Å². The van der Waals surface area contributed by atoms with Gasteiger partial charge in [0.05, 0.1) is 9.79 Å². The molecule has 8 heteroatoms. The lowest BCUT2D eigenvalue weighted by atomic mass is 10.1. The third kappa shape index (κ3) is 5.63. The highest BCUT2D eigenvalue weighted by Crippen LogP contribution is 2.24. The number of nitrogens with zero attached hydrogens (tertiary/aromatic N) is 1. The Bertz CT molecular complexity index is 1240. The quantitative estimate of drug-likeness (QED) is 0.491. The highest BCUT2D eigenvalue weighted by atomic mass is 32.2. The van der Waals surface area contributed by atoms with E-state index in [2.05, 4.69) is 4.72 Å². The van der Waals surface area contributed by atoms with Gasteiger partial charge in [-0.05, 0) is 54.7 Å². The lowest BCUT2D eigenvalue weighted by Gasteiger charge is -2.23. The van der Waals surface area contributed by atoms with Crippen LogP contribution in [0.2, 0.25) is 0 Å². The molecule has 1 N–H and O–H groups in total. The van der Waals surface area contributed by atoms with Gasteiger partial charge < -0.3 is 0 Å². The summed E-state index contributed by atoms with van der Waals surface area (Å²) in [4.78, 5) is 0.147. The van der Waals surface area contributed by atoms with Gasteiger partial charge in [-0.3, -0.25) is 0 Å². The van der Waals surface area contributed by atoms with Crippen molar-refractivity contribution >= 4 is 20.0 Å². The van der Waals surface area contributed by atoms with E-state index in [1.165, 1.54) is 28.6 Å². The molecule has 1 aliphatic carbocycles. The van der Waals surface area contributed by atoms with Gasteiger partial charge in [0.1, 0.15) is 0 Å². The Morgan fingerprint density at radius 1 is 0.719 bits per heavy atom. The number of benzene rings is 3. The predicted octanol–water partition coefficient (Wildman–Crippen LogP) is 3.56. The summed E-state index contributed by atoms with van der Waals surface area (Å²) >= 11 is 0. The summed E-state index contributed by atoms with van der Waals surface area (Å²) in [7, 11) is -7.46. The van der Waals surface area contributed by atoms with Gasteiger partial charge in [0, 0.05) is 19.1 Å². The van der Waals surface area contributed by atoms with E-state index in [-0.39, 0.29) is 22.4 Å². The summed E-state index contributed by atoms with van der Waals surface area (Å²) in [5.41, 5.74) is 1.94. The van der Waals surface area contributed by atoms with Gasteiger partial charge in [-0.1, -0.05) is 60.7 Å². The topological polar surface area (TPSA) is 83.5 Å². The Hall–Kier alpha value is -2.52. The smallest absolute Gasteiger partial charge is 0.208 e. The van der Waals surface area contributed by atoms with E-state index in [9.17, 15) is 16.8 Å². The molecule has 0 aliphatic heterocycles. The Morgan fingerprint density at radius 2 is 1.25 bits per heavy atom. The third-order valence-electron chi connectivity index (χ3n) is 5.37. The largest absolute Gasteiger partial charge is 0.243 e. The highest BCUT2D eigenvalue weighted by Gasteiger charge is 2.29. The number of hydrogen-bond donors (Lipinski definition) is 1. The van der Waals surface area contributed by atoms with Gasteiger partial charge in [-0.15, -0.1) is 0 Å². The number of hydrogen-bond acceptors (Lipinski definition) is 4. The number of sulfonamides is 2. The lowest BCUT2D eigenvalue weighted by molar-refractivity contribution is 0.409. The maximum atomic E-state index is 13.5. The van der Waals surface area contributed by atoms with E-state index in [0.717, 1.165) is 24.0 Å². The van der Waals surface area contributed by atoms with Crippen LogP contribution in [0.1, 0.15) is 24.0 Å². The lowest BCUT2D eigenvalue weighted by Crippen LogP contribution is -2.32. The van der Waals surface area contributed by atoms with Crippen LogP contribution in [0, 0.1) is 0 Å². The van der Waals surface area contributed by atoms with Gasteiger partial charge in [-0.2, -0.15) is 4.31 Å². The maximum Gasteiger partial charge on any atom is 0.243 e. The van der Waals surface area contributed by atoms with Crippen molar-refractivity contribution in [3.63, 3.8) is 0 Å². The zero-order valence-electron chi connectivity index (χ0n) is 17.6. The van der Waals surface area contributed by atoms with Gasteiger partial charge in [0.25, 0.3) is 0 Å². The SMILES string of the molecule is O=S(=O)(NC1CC1)c1ccc(S(=O)(=O)N(CCc2ccccc2)Cc2ccccc2)cc1. The van der Waals surface area contributed by atoms with Gasteiger partial charge in [0.15, 0.2) is 0 Å². The van der Waals surface area contributed by atoms with Crippen molar-refractivity contribution in [2.45, 2.75) is 41.6 Å². The average Bonchev–Trinajstić information content (AvgIpc) is 3.61. The van der Waals surface area contributed by atoms with E-state index >= 15 is 0 Å². The normalized spacial score (nSPS) is 14.5. The molecule has 3 aromatic rings. The Labute approximate surface area is 190 Å². The molecule has 1 fully saturated rings. The van der Waals surface area contributed by atoms with Crippen LogP contribution in [0.4, 0.5) is 0 Å². The van der Waals surface area contributed by atoms with Crippen LogP contribution < -0.4 is 4.72 Å². The molecule has 3 aromatic carbocycles. The molecule has 0 spiro atoms. The van der Waals surface area contributed by atoms with Crippen LogP contribution in [0.25, 0.3) is 0 Å².